The van der Waals surface area contributed by atoms with Crippen LogP contribution < -0.4 is 10.1 Å². The predicted molar refractivity (Wildman–Crippen MR) is 98.3 cm³/mol. The Morgan fingerprint density at radius 1 is 1.28 bits per heavy atom. The maximum absolute atomic E-state index is 12.3. The highest BCUT2D eigenvalue weighted by Gasteiger charge is 2.16. The fourth-order valence-electron chi connectivity index (χ4n) is 2.29. The van der Waals surface area contributed by atoms with Gasteiger partial charge in [-0.3, -0.25) is 4.79 Å². The van der Waals surface area contributed by atoms with Crippen molar-refractivity contribution in [3.05, 3.63) is 30.1 Å². The molecule has 0 radical (unpaired) electrons. The van der Waals surface area contributed by atoms with Gasteiger partial charge in [0.25, 0.3) is 0 Å². The minimum absolute atomic E-state index is 0.123. The summed E-state index contributed by atoms with van der Waals surface area (Å²) in [5.74, 6) is 1.89. The fraction of sp³-hybridized carbons (Fsp3) is 0.471. The van der Waals surface area contributed by atoms with Crippen LogP contribution in [0.2, 0.25) is 0 Å². The molecule has 0 atom stereocenters. The summed E-state index contributed by atoms with van der Waals surface area (Å²) in [5, 5.41) is 12.0. The van der Waals surface area contributed by atoms with E-state index < -0.39 is 0 Å². The van der Waals surface area contributed by atoms with Gasteiger partial charge >= 0.3 is 0 Å². The minimum Gasteiger partial charge on any atom is -0.495 e. The summed E-state index contributed by atoms with van der Waals surface area (Å²) in [6.45, 7) is 5.36. The van der Waals surface area contributed by atoms with Crippen LogP contribution in [0.1, 0.15) is 25.6 Å². The monoisotopic (exact) mass is 364 g/mol. The Morgan fingerprint density at radius 3 is 2.72 bits per heavy atom. The molecule has 0 aliphatic rings. The van der Waals surface area contributed by atoms with E-state index in [2.05, 4.69) is 29.4 Å². The van der Waals surface area contributed by atoms with Gasteiger partial charge in [-0.05, 0) is 12.1 Å². The second-order valence-corrected chi connectivity index (χ2v) is 6.62. The molecule has 1 aromatic heterocycles. The molecule has 1 amide bonds. The molecule has 2 rings (SSSR count). The van der Waals surface area contributed by atoms with E-state index in [1.807, 2.05) is 16.7 Å². The molecular formula is C17H24N4O3S. The van der Waals surface area contributed by atoms with E-state index in [1.54, 1.807) is 26.4 Å². The number of rotatable bonds is 9. The van der Waals surface area contributed by atoms with Crippen molar-refractivity contribution < 1.29 is 14.3 Å². The van der Waals surface area contributed by atoms with Crippen molar-refractivity contribution in [2.75, 3.05) is 31.9 Å². The largest absolute Gasteiger partial charge is 0.495 e. The fourth-order valence-corrected chi connectivity index (χ4v) is 3.06. The number of aromatic nitrogens is 3. The zero-order valence-electron chi connectivity index (χ0n) is 15.0. The van der Waals surface area contributed by atoms with E-state index in [4.69, 9.17) is 9.47 Å². The van der Waals surface area contributed by atoms with Crippen molar-refractivity contribution in [3.63, 3.8) is 0 Å². The maximum Gasteiger partial charge on any atom is 0.234 e. The van der Waals surface area contributed by atoms with Crippen molar-refractivity contribution in [1.82, 2.24) is 14.8 Å². The molecular weight excluding hydrogens is 340 g/mol. The lowest BCUT2D eigenvalue weighted by molar-refractivity contribution is -0.113. The van der Waals surface area contributed by atoms with Gasteiger partial charge in [-0.2, -0.15) is 0 Å². The Morgan fingerprint density at radius 2 is 2.04 bits per heavy atom. The van der Waals surface area contributed by atoms with Crippen LogP contribution in [0.5, 0.6) is 5.75 Å². The Kier molecular flexibility index (Phi) is 7.27. The van der Waals surface area contributed by atoms with E-state index >= 15 is 0 Å². The van der Waals surface area contributed by atoms with Crippen LogP contribution in [-0.4, -0.2) is 47.3 Å². The highest BCUT2D eigenvalue weighted by atomic mass is 32.2. The molecule has 0 fully saturated rings. The Labute approximate surface area is 152 Å². The molecule has 0 unspecified atom stereocenters. The number of anilines is 1. The number of carbonyl (C=O) groups excluding carboxylic acids is 1. The molecule has 0 bridgehead atoms. The highest BCUT2D eigenvalue weighted by Crippen LogP contribution is 2.25. The first-order valence-corrected chi connectivity index (χ1v) is 9.03. The van der Waals surface area contributed by atoms with Crippen molar-refractivity contribution in [3.8, 4) is 5.75 Å². The zero-order chi connectivity index (χ0) is 18.2. The summed E-state index contributed by atoms with van der Waals surface area (Å²) in [6.07, 6.45) is 0. The number of benzene rings is 1. The molecule has 0 aliphatic carbocycles. The second-order valence-electron chi connectivity index (χ2n) is 5.68. The molecule has 8 heteroatoms. The number of para-hydroxylation sites is 2. The highest BCUT2D eigenvalue weighted by molar-refractivity contribution is 7.99. The van der Waals surface area contributed by atoms with Crippen LogP contribution in [0.4, 0.5) is 5.69 Å². The quantitative estimate of drug-likeness (QED) is 0.690. The summed E-state index contributed by atoms with van der Waals surface area (Å²) in [6, 6.07) is 7.31. The van der Waals surface area contributed by atoms with Gasteiger partial charge in [0.1, 0.15) is 11.6 Å². The SMILES string of the molecule is COCCn1c(SCC(=O)Nc2ccccc2OC)nnc1C(C)C. The number of nitrogens with zero attached hydrogens (tertiary/aromatic N) is 3. The number of ether oxygens (including phenoxy) is 2. The molecule has 0 saturated heterocycles. The van der Waals surface area contributed by atoms with Crippen LogP contribution in [0, 0.1) is 0 Å². The molecule has 1 aromatic carbocycles. The van der Waals surface area contributed by atoms with E-state index in [0.29, 0.717) is 24.6 Å². The van der Waals surface area contributed by atoms with Crippen molar-refractivity contribution in [2.45, 2.75) is 31.5 Å². The third kappa shape index (κ3) is 5.20. The predicted octanol–water partition coefficient (Wildman–Crippen LogP) is 2.79. The van der Waals surface area contributed by atoms with Crippen LogP contribution >= 0.6 is 11.8 Å². The lowest BCUT2D eigenvalue weighted by Gasteiger charge is -2.12. The van der Waals surface area contributed by atoms with Crippen molar-refractivity contribution >= 4 is 23.4 Å². The van der Waals surface area contributed by atoms with Gasteiger partial charge in [0.05, 0.1) is 25.2 Å². The lowest BCUT2D eigenvalue weighted by Crippen LogP contribution is -2.16. The summed E-state index contributed by atoms with van der Waals surface area (Å²) >= 11 is 1.36. The first-order chi connectivity index (χ1) is 12.1. The van der Waals surface area contributed by atoms with Gasteiger partial charge in [0.2, 0.25) is 5.91 Å². The smallest absolute Gasteiger partial charge is 0.234 e. The Hall–Kier alpha value is -2.06. The maximum atomic E-state index is 12.3. The average Bonchev–Trinajstić information content (AvgIpc) is 3.01. The van der Waals surface area contributed by atoms with Crippen molar-refractivity contribution in [1.29, 1.82) is 0 Å². The summed E-state index contributed by atoms with van der Waals surface area (Å²) < 4.78 is 12.4. The Bertz CT molecular complexity index is 703. The third-order valence-corrected chi connectivity index (χ3v) is 4.46. The molecule has 136 valence electrons. The van der Waals surface area contributed by atoms with Crippen LogP contribution in [0.15, 0.2) is 29.4 Å². The molecule has 1 heterocycles. The number of amides is 1. The first kappa shape index (κ1) is 19.3. The van der Waals surface area contributed by atoms with Gasteiger partial charge in [-0.25, -0.2) is 0 Å². The van der Waals surface area contributed by atoms with Gasteiger partial charge < -0.3 is 19.4 Å². The van der Waals surface area contributed by atoms with Crippen LogP contribution in [0.25, 0.3) is 0 Å². The normalized spacial score (nSPS) is 10.9. The van der Waals surface area contributed by atoms with E-state index in [0.717, 1.165) is 11.0 Å². The summed E-state index contributed by atoms with van der Waals surface area (Å²) in [7, 11) is 3.23. The topological polar surface area (TPSA) is 78.3 Å². The number of methoxy groups -OCH3 is 2. The number of hydrogen-bond donors (Lipinski definition) is 1. The van der Waals surface area contributed by atoms with Crippen LogP contribution in [-0.2, 0) is 16.1 Å². The number of hydrogen-bond acceptors (Lipinski definition) is 6. The molecule has 7 nitrogen and oxygen atoms in total. The van der Waals surface area contributed by atoms with Gasteiger partial charge in [0, 0.05) is 19.6 Å². The molecule has 0 saturated carbocycles. The first-order valence-electron chi connectivity index (χ1n) is 8.04. The van der Waals surface area contributed by atoms with E-state index in [9.17, 15) is 4.79 Å². The van der Waals surface area contributed by atoms with Gasteiger partial charge in [0.15, 0.2) is 5.16 Å². The molecule has 25 heavy (non-hydrogen) atoms. The Balaban J connectivity index is 2.01. The number of nitrogens with one attached hydrogen (secondary N) is 1. The van der Waals surface area contributed by atoms with E-state index in [-0.39, 0.29) is 17.6 Å². The average molecular weight is 364 g/mol. The van der Waals surface area contributed by atoms with Gasteiger partial charge in [-0.1, -0.05) is 37.7 Å². The second kappa shape index (κ2) is 9.43. The van der Waals surface area contributed by atoms with Crippen LogP contribution in [0.3, 0.4) is 0 Å². The summed E-state index contributed by atoms with van der Waals surface area (Å²) in [4.78, 5) is 12.3. The van der Waals surface area contributed by atoms with E-state index in [1.165, 1.54) is 11.8 Å². The number of thioether (sulfide) groups is 1. The standard InChI is InChI=1S/C17H24N4O3S/c1-12(2)16-19-20-17(21(16)9-10-23-3)25-11-15(22)18-13-7-5-6-8-14(13)24-4/h5-8,12H,9-11H2,1-4H3,(H,18,22). The number of carbonyl (C=O) groups is 1. The molecule has 2 aromatic rings. The minimum atomic E-state index is -0.123. The molecule has 0 spiro atoms. The third-order valence-electron chi connectivity index (χ3n) is 3.49. The molecule has 0 aliphatic heterocycles. The zero-order valence-corrected chi connectivity index (χ0v) is 15.8. The van der Waals surface area contributed by atoms with Crippen molar-refractivity contribution in [2.24, 2.45) is 0 Å². The summed E-state index contributed by atoms with van der Waals surface area (Å²) in [5.41, 5.74) is 0.652. The van der Waals surface area contributed by atoms with Gasteiger partial charge in [-0.15, -0.1) is 10.2 Å². The lowest BCUT2D eigenvalue weighted by atomic mass is 10.2. The molecule has 1 N–H and O–H groups in total.